The number of thiazole rings is 1. The van der Waals surface area contributed by atoms with E-state index in [-0.39, 0.29) is 0 Å². The summed E-state index contributed by atoms with van der Waals surface area (Å²) in [5, 5.41) is 5.69. The van der Waals surface area contributed by atoms with Crippen LogP contribution in [-0.2, 0) is 6.42 Å². The molecule has 3 rings (SSSR count). The summed E-state index contributed by atoms with van der Waals surface area (Å²) in [5.74, 6) is 0.466. The van der Waals surface area contributed by atoms with Gasteiger partial charge in [0, 0.05) is 34.8 Å². The summed E-state index contributed by atoms with van der Waals surface area (Å²) in [5.41, 5.74) is 2.51. The largest absolute Gasteiger partial charge is 0.313 e. The zero-order valence-electron chi connectivity index (χ0n) is 12.5. The Bertz CT molecular complexity index is 582. The highest BCUT2D eigenvalue weighted by molar-refractivity contribution is 7.11. The topological polar surface area (TPSA) is 24.9 Å². The van der Waals surface area contributed by atoms with Gasteiger partial charge in [0.25, 0.3) is 0 Å². The van der Waals surface area contributed by atoms with Crippen molar-refractivity contribution < 1.29 is 0 Å². The van der Waals surface area contributed by atoms with Crippen LogP contribution >= 0.6 is 22.9 Å². The van der Waals surface area contributed by atoms with Gasteiger partial charge in [-0.1, -0.05) is 23.7 Å². The number of rotatable bonds is 6. The van der Waals surface area contributed by atoms with Crippen LogP contribution < -0.4 is 5.32 Å². The van der Waals surface area contributed by atoms with Crippen molar-refractivity contribution >= 4 is 22.9 Å². The fraction of sp³-hybridized carbons (Fsp3) is 0.471. The van der Waals surface area contributed by atoms with Gasteiger partial charge < -0.3 is 5.32 Å². The molecule has 0 aliphatic heterocycles. The number of aromatic nitrogens is 1. The Hall–Kier alpha value is -0.900. The molecule has 2 nitrogen and oxygen atoms in total. The molecule has 2 aromatic rings. The van der Waals surface area contributed by atoms with E-state index in [1.807, 2.05) is 23.5 Å². The Morgan fingerprint density at radius 1 is 1.29 bits per heavy atom. The second-order valence-corrected chi connectivity index (χ2v) is 7.61. The third-order valence-electron chi connectivity index (χ3n) is 4.07. The van der Waals surface area contributed by atoms with Crippen LogP contribution in [0.4, 0.5) is 0 Å². The first-order chi connectivity index (χ1) is 10.1. The maximum Gasteiger partial charge on any atom is 0.0937 e. The lowest BCUT2D eigenvalue weighted by molar-refractivity contribution is 0.576. The van der Waals surface area contributed by atoms with Crippen LogP contribution in [0.25, 0.3) is 0 Å². The van der Waals surface area contributed by atoms with Crippen LogP contribution in [0.3, 0.4) is 0 Å². The minimum absolute atomic E-state index is 0.466. The van der Waals surface area contributed by atoms with Crippen molar-refractivity contribution in [3.8, 4) is 0 Å². The summed E-state index contributed by atoms with van der Waals surface area (Å²) in [6.45, 7) is 5.26. The molecule has 0 bridgehead atoms. The van der Waals surface area contributed by atoms with Crippen LogP contribution in [0.2, 0.25) is 5.02 Å². The first-order valence-electron chi connectivity index (χ1n) is 7.53. The third kappa shape index (κ3) is 4.06. The van der Waals surface area contributed by atoms with Gasteiger partial charge in [-0.3, -0.25) is 0 Å². The third-order valence-corrected chi connectivity index (χ3v) is 5.41. The molecule has 0 saturated heterocycles. The molecule has 0 radical (unpaired) electrons. The lowest BCUT2D eigenvalue weighted by Gasteiger charge is -2.17. The normalized spacial score (nSPS) is 16.1. The Morgan fingerprint density at radius 2 is 2.00 bits per heavy atom. The first-order valence-corrected chi connectivity index (χ1v) is 8.73. The van der Waals surface area contributed by atoms with Crippen LogP contribution in [0.15, 0.2) is 24.3 Å². The number of aryl methyl sites for hydroxylation is 2. The fourth-order valence-electron chi connectivity index (χ4n) is 2.48. The zero-order chi connectivity index (χ0) is 14.8. The number of hydrogen-bond donors (Lipinski definition) is 1. The molecular weight excluding hydrogens is 300 g/mol. The smallest absolute Gasteiger partial charge is 0.0937 e. The van der Waals surface area contributed by atoms with Gasteiger partial charge in [-0.05, 0) is 44.4 Å². The van der Waals surface area contributed by atoms with Crippen molar-refractivity contribution in [1.82, 2.24) is 10.3 Å². The zero-order valence-corrected chi connectivity index (χ0v) is 14.1. The van der Waals surface area contributed by atoms with Crippen LogP contribution in [0, 0.1) is 13.8 Å². The van der Waals surface area contributed by atoms with E-state index in [4.69, 9.17) is 16.6 Å². The van der Waals surface area contributed by atoms with E-state index in [9.17, 15) is 0 Å². The standard InChI is InChI=1S/C17H21ClN2S/c1-11-12(2)21-17(20-11)9-14(10-19-16-7-8-16)13-3-5-15(18)6-4-13/h3-6,14,16,19H,7-10H2,1-2H3. The van der Waals surface area contributed by atoms with Crippen molar-refractivity contribution in [3.63, 3.8) is 0 Å². The van der Waals surface area contributed by atoms with Gasteiger partial charge in [-0.2, -0.15) is 0 Å². The summed E-state index contributed by atoms with van der Waals surface area (Å²) < 4.78 is 0. The average molecular weight is 321 g/mol. The van der Waals surface area contributed by atoms with E-state index in [1.54, 1.807) is 0 Å². The summed E-state index contributed by atoms with van der Waals surface area (Å²) >= 11 is 7.84. The van der Waals surface area contributed by atoms with Gasteiger partial charge in [-0.15, -0.1) is 11.3 Å². The number of nitrogens with zero attached hydrogens (tertiary/aromatic N) is 1. The SMILES string of the molecule is Cc1nc(CC(CNC2CC2)c2ccc(Cl)cc2)sc1C. The number of hydrogen-bond acceptors (Lipinski definition) is 3. The molecule has 0 spiro atoms. The molecule has 1 atom stereocenters. The molecule has 21 heavy (non-hydrogen) atoms. The van der Waals surface area contributed by atoms with Gasteiger partial charge in [0.15, 0.2) is 0 Å². The van der Waals surface area contributed by atoms with E-state index in [0.717, 1.165) is 24.0 Å². The summed E-state index contributed by atoms with van der Waals surface area (Å²) in [6, 6.07) is 9.00. The Kier molecular flexibility index (Phi) is 4.63. The van der Waals surface area contributed by atoms with Gasteiger partial charge in [0.2, 0.25) is 0 Å². The van der Waals surface area contributed by atoms with Crippen molar-refractivity contribution in [2.45, 2.75) is 45.1 Å². The van der Waals surface area contributed by atoms with Crippen molar-refractivity contribution in [1.29, 1.82) is 0 Å². The molecule has 4 heteroatoms. The van der Waals surface area contributed by atoms with Crippen LogP contribution in [-0.4, -0.2) is 17.6 Å². The average Bonchev–Trinajstić information content (AvgIpc) is 3.23. The molecular formula is C17H21ClN2S. The number of benzene rings is 1. The second-order valence-electron chi connectivity index (χ2n) is 5.88. The van der Waals surface area contributed by atoms with E-state index in [2.05, 4.69) is 31.3 Å². The highest BCUT2D eigenvalue weighted by atomic mass is 35.5. The Balaban J connectivity index is 1.75. The van der Waals surface area contributed by atoms with Crippen molar-refractivity contribution in [2.24, 2.45) is 0 Å². The highest BCUT2D eigenvalue weighted by Gasteiger charge is 2.23. The highest BCUT2D eigenvalue weighted by Crippen LogP contribution is 2.27. The number of halogens is 1. The minimum atomic E-state index is 0.466. The maximum absolute atomic E-state index is 6.01. The second kappa shape index (κ2) is 6.47. The Labute approximate surface area is 135 Å². The molecule has 1 heterocycles. The molecule has 1 unspecified atom stereocenters. The number of nitrogens with one attached hydrogen (secondary N) is 1. The fourth-order valence-corrected chi connectivity index (χ4v) is 3.62. The summed E-state index contributed by atoms with van der Waals surface area (Å²) in [6.07, 6.45) is 3.65. The van der Waals surface area contributed by atoms with Gasteiger partial charge in [0.05, 0.1) is 10.7 Å². The van der Waals surface area contributed by atoms with Crippen molar-refractivity contribution in [3.05, 3.63) is 50.4 Å². The molecule has 1 aromatic heterocycles. The first kappa shape index (κ1) is 15.0. The predicted octanol–water partition coefficient (Wildman–Crippen LogP) is 4.49. The predicted molar refractivity (Wildman–Crippen MR) is 90.5 cm³/mol. The summed E-state index contributed by atoms with van der Waals surface area (Å²) in [7, 11) is 0. The molecule has 1 aromatic carbocycles. The Morgan fingerprint density at radius 3 is 2.57 bits per heavy atom. The van der Waals surface area contributed by atoms with Crippen LogP contribution in [0.1, 0.15) is 39.9 Å². The molecule has 1 N–H and O–H groups in total. The minimum Gasteiger partial charge on any atom is -0.313 e. The van der Waals surface area contributed by atoms with E-state index in [0.29, 0.717) is 5.92 Å². The van der Waals surface area contributed by atoms with E-state index < -0.39 is 0 Å². The van der Waals surface area contributed by atoms with Gasteiger partial charge in [-0.25, -0.2) is 4.98 Å². The lowest BCUT2D eigenvalue weighted by atomic mass is 9.96. The van der Waals surface area contributed by atoms with E-state index in [1.165, 1.54) is 34.0 Å². The maximum atomic E-state index is 6.01. The molecule has 1 fully saturated rings. The summed E-state index contributed by atoms with van der Waals surface area (Å²) in [4.78, 5) is 6.03. The monoisotopic (exact) mass is 320 g/mol. The van der Waals surface area contributed by atoms with Crippen molar-refractivity contribution in [2.75, 3.05) is 6.54 Å². The molecule has 0 amide bonds. The molecule has 1 aliphatic carbocycles. The quantitative estimate of drug-likeness (QED) is 0.848. The van der Waals surface area contributed by atoms with E-state index >= 15 is 0 Å². The van der Waals surface area contributed by atoms with Crippen LogP contribution in [0.5, 0.6) is 0 Å². The lowest BCUT2D eigenvalue weighted by Crippen LogP contribution is -2.24. The molecule has 112 valence electrons. The van der Waals surface area contributed by atoms with Gasteiger partial charge >= 0.3 is 0 Å². The molecule has 1 aliphatic rings. The molecule has 1 saturated carbocycles. The van der Waals surface area contributed by atoms with Gasteiger partial charge in [0.1, 0.15) is 0 Å².